The molecule has 1 aromatic rings. The maximum absolute atomic E-state index is 13.2. The van der Waals surface area contributed by atoms with Gasteiger partial charge in [-0.05, 0) is 19.4 Å². The molecule has 1 amide bonds. The van der Waals surface area contributed by atoms with Gasteiger partial charge in [0.1, 0.15) is 11.7 Å². The minimum absolute atomic E-state index is 0.120. The van der Waals surface area contributed by atoms with Crippen LogP contribution in [0.1, 0.15) is 49.5 Å². The summed E-state index contributed by atoms with van der Waals surface area (Å²) >= 11 is 0. The fourth-order valence-corrected chi connectivity index (χ4v) is 3.48. The van der Waals surface area contributed by atoms with Gasteiger partial charge in [0.2, 0.25) is 15.9 Å². The smallest absolute Gasteiger partial charge is 0.259 e. The second-order valence-electron chi connectivity index (χ2n) is 7.79. The standard InChI is InChI=1S/C21H31N3O5S/c1-6-7-8-9-17-10-18-20(22-11-17)29-19(13-23(4)30(5,27)28)15(2)12-24(21(18)26)16(3)14-25/h10-11,15-16,19,25H,6-7,12-14H2,1-5H3/t15-,16-,19-/m1/s1. The predicted octanol–water partition coefficient (Wildman–Crippen LogP) is 1.34. The molecule has 1 aliphatic rings. The number of unbranched alkanes of at least 4 members (excludes halogenated alkanes) is 1. The van der Waals surface area contributed by atoms with Crippen molar-refractivity contribution in [2.45, 2.75) is 45.8 Å². The number of ether oxygens (including phenoxy) is 1. The van der Waals surface area contributed by atoms with Gasteiger partial charge in [-0.15, -0.1) is 0 Å². The van der Waals surface area contributed by atoms with E-state index in [1.807, 2.05) is 13.8 Å². The fraction of sp³-hybridized carbons (Fsp3) is 0.619. The normalized spacial score (nSPS) is 20.5. The molecule has 3 atom stereocenters. The molecule has 1 aromatic heterocycles. The number of likely N-dealkylation sites (N-methyl/N-ethyl adjacent to an activating group) is 1. The molecule has 0 spiro atoms. The van der Waals surface area contributed by atoms with E-state index >= 15 is 0 Å². The van der Waals surface area contributed by atoms with Crippen molar-refractivity contribution < 1.29 is 23.1 Å². The van der Waals surface area contributed by atoms with Gasteiger partial charge >= 0.3 is 0 Å². The van der Waals surface area contributed by atoms with Crippen LogP contribution in [-0.2, 0) is 10.0 Å². The summed E-state index contributed by atoms with van der Waals surface area (Å²) in [5, 5.41) is 9.67. The molecule has 9 heteroatoms. The maximum Gasteiger partial charge on any atom is 0.259 e. The Labute approximate surface area is 179 Å². The predicted molar refractivity (Wildman–Crippen MR) is 115 cm³/mol. The van der Waals surface area contributed by atoms with Gasteiger partial charge in [0.15, 0.2) is 0 Å². The van der Waals surface area contributed by atoms with Crippen molar-refractivity contribution in [3.63, 3.8) is 0 Å². The molecule has 0 saturated heterocycles. The molecule has 8 nitrogen and oxygen atoms in total. The van der Waals surface area contributed by atoms with Crippen molar-refractivity contribution in [1.29, 1.82) is 0 Å². The number of hydrogen-bond acceptors (Lipinski definition) is 6. The van der Waals surface area contributed by atoms with E-state index in [1.165, 1.54) is 11.4 Å². The van der Waals surface area contributed by atoms with E-state index in [4.69, 9.17) is 4.74 Å². The Morgan fingerprint density at radius 1 is 1.47 bits per heavy atom. The van der Waals surface area contributed by atoms with Crippen molar-refractivity contribution >= 4 is 15.9 Å². The van der Waals surface area contributed by atoms with E-state index in [9.17, 15) is 18.3 Å². The number of carbonyl (C=O) groups is 1. The number of aromatic nitrogens is 1. The van der Waals surface area contributed by atoms with Crippen molar-refractivity contribution in [1.82, 2.24) is 14.2 Å². The third-order valence-electron chi connectivity index (χ3n) is 5.13. The first-order valence-corrected chi connectivity index (χ1v) is 11.9. The second kappa shape index (κ2) is 10.2. The van der Waals surface area contributed by atoms with Crippen LogP contribution >= 0.6 is 0 Å². The number of aliphatic hydroxyl groups excluding tert-OH is 1. The first-order chi connectivity index (χ1) is 14.1. The van der Waals surface area contributed by atoms with Crippen molar-refractivity contribution in [2.24, 2.45) is 5.92 Å². The Morgan fingerprint density at radius 2 is 2.17 bits per heavy atom. The summed E-state index contributed by atoms with van der Waals surface area (Å²) in [5.74, 6) is 5.71. The van der Waals surface area contributed by atoms with E-state index in [0.717, 1.165) is 19.1 Å². The summed E-state index contributed by atoms with van der Waals surface area (Å²) in [5.41, 5.74) is 0.867. The highest BCUT2D eigenvalue weighted by atomic mass is 32.2. The van der Waals surface area contributed by atoms with Gasteiger partial charge in [-0.25, -0.2) is 17.7 Å². The minimum atomic E-state index is -3.39. The summed E-state index contributed by atoms with van der Waals surface area (Å²) in [6.07, 6.45) is 3.85. The first-order valence-electron chi connectivity index (χ1n) is 10.1. The van der Waals surface area contributed by atoms with E-state index in [2.05, 4.69) is 16.8 Å². The van der Waals surface area contributed by atoms with Crippen LogP contribution in [0.2, 0.25) is 0 Å². The summed E-state index contributed by atoms with van der Waals surface area (Å²) in [6.45, 7) is 5.94. The summed E-state index contributed by atoms with van der Waals surface area (Å²) < 4.78 is 31.1. The maximum atomic E-state index is 13.2. The first kappa shape index (κ1) is 24.1. The second-order valence-corrected chi connectivity index (χ2v) is 9.88. The van der Waals surface area contributed by atoms with Gasteiger partial charge < -0.3 is 14.7 Å². The Bertz CT molecular complexity index is 922. The zero-order valence-electron chi connectivity index (χ0n) is 18.3. The Hall–Kier alpha value is -2.15. The lowest BCUT2D eigenvalue weighted by molar-refractivity contribution is 0.0373. The van der Waals surface area contributed by atoms with Gasteiger partial charge in [0.25, 0.3) is 5.91 Å². The van der Waals surface area contributed by atoms with Crippen LogP contribution in [-0.4, -0.2) is 78.8 Å². The Balaban J connectivity index is 2.49. The van der Waals surface area contributed by atoms with E-state index in [0.29, 0.717) is 12.1 Å². The Kier molecular flexibility index (Phi) is 8.24. The third kappa shape index (κ3) is 5.94. The average molecular weight is 438 g/mol. The number of rotatable bonds is 6. The molecule has 0 unspecified atom stereocenters. The highest BCUT2D eigenvalue weighted by Crippen LogP contribution is 2.27. The van der Waals surface area contributed by atoms with Crippen LogP contribution in [0.15, 0.2) is 12.3 Å². The molecule has 166 valence electrons. The molecule has 2 rings (SSSR count). The number of sulfonamides is 1. The van der Waals surface area contributed by atoms with Crippen LogP contribution in [0, 0.1) is 17.8 Å². The molecule has 0 saturated carbocycles. The molecule has 30 heavy (non-hydrogen) atoms. The third-order valence-corrected chi connectivity index (χ3v) is 6.41. The number of amides is 1. The molecule has 0 bridgehead atoms. The van der Waals surface area contributed by atoms with Crippen molar-refractivity contribution in [3.05, 3.63) is 23.4 Å². The van der Waals surface area contributed by atoms with E-state index in [-0.39, 0.29) is 36.4 Å². The van der Waals surface area contributed by atoms with E-state index in [1.54, 1.807) is 24.1 Å². The van der Waals surface area contributed by atoms with Crippen LogP contribution in [0.4, 0.5) is 0 Å². The van der Waals surface area contributed by atoms with Crippen LogP contribution < -0.4 is 4.74 Å². The van der Waals surface area contributed by atoms with Crippen LogP contribution in [0.25, 0.3) is 0 Å². The molecular weight excluding hydrogens is 406 g/mol. The van der Waals surface area contributed by atoms with Gasteiger partial charge in [-0.3, -0.25) is 4.79 Å². The van der Waals surface area contributed by atoms with Crippen LogP contribution in [0.5, 0.6) is 5.88 Å². The molecule has 1 N–H and O–H groups in total. The van der Waals surface area contributed by atoms with Crippen molar-refractivity contribution in [3.8, 4) is 17.7 Å². The zero-order valence-corrected chi connectivity index (χ0v) is 19.1. The quantitative estimate of drug-likeness (QED) is 0.675. The van der Waals surface area contributed by atoms with Crippen molar-refractivity contribution in [2.75, 3.05) is 33.0 Å². The lowest BCUT2D eigenvalue weighted by Crippen LogP contribution is -2.50. The van der Waals surface area contributed by atoms with Gasteiger partial charge in [-0.1, -0.05) is 25.7 Å². The number of fused-ring (bicyclic) bond motifs is 1. The Morgan fingerprint density at radius 3 is 2.77 bits per heavy atom. The van der Waals surface area contributed by atoms with Gasteiger partial charge in [0, 0.05) is 37.7 Å². The molecule has 0 fully saturated rings. The average Bonchev–Trinajstić information content (AvgIpc) is 2.69. The molecular formula is C21H31N3O5S. The summed E-state index contributed by atoms with van der Waals surface area (Å²) in [6, 6.07) is 1.24. The van der Waals surface area contributed by atoms with Crippen LogP contribution in [0.3, 0.4) is 0 Å². The lowest BCUT2D eigenvalue weighted by Gasteiger charge is -2.37. The number of nitrogens with zero attached hydrogens (tertiary/aromatic N) is 3. The molecule has 2 heterocycles. The summed E-state index contributed by atoms with van der Waals surface area (Å²) in [4.78, 5) is 19.2. The SMILES string of the molecule is CCCC#Cc1cnc2c(c1)C(=O)N([C@H](C)CO)C[C@@H](C)[C@@H](CN(C)S(C)(=O)=O)O2. The fourth-order valence-electron chi connectivity index (χ4n) is 3.07. The molecule has 1 aliphatic heterocycles. The minimum Gasteiger partial charge on any atom is -0.472 e. The number of aliphatic hydroxyl groups is 1. The topological polar surface area (TPSA) is 100 Å². The van der Waals surface area contributed by atoms with Gasteiger partial charge in [0.05, 0.1) is 25.4 Å². The molecule has 0 aromatic carbocycles. The number of carbonyl (C=O) groups excluding carboxylic acids is 1. The highest BCUT2D eigenvalue weighted by molar-refractivity contribution is 7.88. The molecule has 0 radical (unpaired) electrons. The highest BCUT2D eigenvalue weighted by Gasteiger charge is 2.35. The monoisotopic (exact) mass is 437 g/mol. The van der Waals surface area contributed by atoms with E-state index < -0.39 is 22.2 Å². The zero-order chi connectivity index (χ0) is 22.5. The number of hydrogen-bond donors (Lipinski definition) is 1. The lowest BCUT2D eigenvalue weighted by atomic mass is 10.0. The largest absolute Gasteiger partial charge is 0.472 e. The molecule has 0 aliphatic carbocycles. The number of pyridine rings is 1. The van der Waals surface area contributed by atoms with Gasteiger partial charge in [-0.2, -0.15) is 0 Å². The summed E-state index contributed by atoms with van der Waals surface area (Å²) in [7, 11) is -1.90.